The third kappa shape index (κ3) is 4.07. The number of ether oxygens (including phenoxy) is 1. The monoisotopic (exact) mass is 187 g/mol. The van der Waals surface area contributed by atoms with Gasteiger partial charge in [0.1, 0.15) is 0 Å². The third-order valence-electron chi connectivity index (χ3n) is 2.46. The standard InChI is InChI=1S/C10H21NO2/c1-10(8-13-9-10)7-11-5-3-2-4-6-12/h11-12H,2-9H2,1H3. The second kappa shape index (κ2) is 5.58. The van der Waals surface area contributed by atoms with Gasteiger partial charge < -0.3 is 15.2 Å². The van der Waals surface area contributed by atoms with Gasteiger partial charge in [0, 0.05) is 18.6 Å². The highest BCUT2D eigenvalue weighted by molar-refractivity contribution is 4.82. The van der Waals surface area contributed by atoms with Crippen LogP contribution in [0.25, 0.3) is 0 Å². The fourth-order valence-corrected chi connectivity index (χ4v) is 1.48. The SMILES string of the molecule is CC1(CNCCCCCO)COC1. The summed E-state index contributed by atoms with van der Waals surface area (Å²) in [5.74, 6) is 0. The Kier molecular flexibility index (Phi) is 4.70. The molecule has 3 nitrogen and oxygen atoms in total. The molecule has 1 aliphatic rings. The molecule has 0 unspecified atom stereocenters. The summed E-state index contributed by atoms with van der Waals surface area (Å²) in [6.07, 6.45) is 3.22. The largest absolute Gasteiger partial charge is 0.396 e. The Balaban J connectivity index is 1.83. The summed E-state index contributed by atoms with van der Waals surface area (Å²) >= 11 is 0. The minimum Gasteiger partial charge on any atom is -0.396 e. The Labute approximate surface area is 80.5 Å². The minimum atomic E-state index is 0.325. The summed E-state index contributed by atoms with van der Waals surface area (Å²) in [6, 6.07) is 0. The molecule has 0 atom stereocenters. The highest BCUT2D eigenvalue weighted by atomic mass is 16.5. The quantitative estimate of drug-likeness (QED) is 0.579. The first-order valence-electron chi connectivity index (χ1n) is 5.16. The van der Waals surface area contributed by atoms with Crippen molar-refractivity contribution >= 4 is 0 Å². The lowest BCUT2D eigenvalue weighted by molar-refractivity contribution is -0.0989. The van der Waals surface area contributed by atoms with E-state index in [9.17, 15) is 0 Å². The Hall–Kier alpha value is -0.120. The fraction of sp³-hybridized carbons (Fsp3) is 1.00. The lowest BCUT2D eigenvalue weighted by Crippen LogP contribution is -2.47. The molecule has 0 spiro atoms. The lowest BCUT2D eigenvalue weighted by Gasteiger charge is -2.38. The van der Waals surface area contributed by atoms with Crippen LogP contribution in [0.5, 0.6) is 0 Å². The molecule has 0 aromatic rings. The second-order valence-corrected chi connectivity index (χ2v) is 4.26. The maximum atomic E-state index is 8.56. The van der Waals surface area contributed by atoms with Crippen LogP contribution in [0.2, 0.25) is 0 Å². The van der Waals surface area contributed by atoms with Crippen molar-refractivity contribution in [3.05, 3.63) is 0 Å². The van der Waals surface area contributed by atoms with Gasteiger partial charge in [0.05, 0.1) is 13.2 Å². The second-order valence-electron chi connectivity index (χ2n) is 4.26. The number of hydrogen-bond acceptors (Lipinski definition) is 3. The van der Waals surface area contributed by atoms with Crippen molar-refractivity contribution < 1.29 is 9.84 Å². The van der Waals surface area contributed by atoms with Gasteiger partial charge in [-0.3, -0.25) is 0 Å². The lowest BCUT2D eigenvalue weighted by atomic mass is 9.89. The Morgan fingerprint density at radius 3 is 2.62 bits per heavy atom. The normalized spacial score (nSPS) is 19.8. The van der Waals surface area contributed by atoms with Crippen molar-refractivity contribution in [2.45, 2.75) is 26.2 Å². The van der Waals surface area contributed by atoms with Gasteiger partial charge >= 0.3 is 0 Å². The van der Waals surface area contributed by atoms with Crippen molar-refractivity contribution in [3.63, 3.8) is 0 Å². The molecule has 1 fully saturated rings. The first kappa shape index (κ1) is 11.0. The van der Waals surface area contributed by atoms with Gasteiger partial charge in [0.25, 0.3) is 0 Å². The third-order valence-corrected chi connectivity index (χ3v) is 2.46. The number of hydrogen-bond donors (Lipinski definition) is 2. The summed E-state index contributed by atoms with van der Waals surface area (Å²) < 4.78 is 5.16. The number of rotatable bonds is 7. The molecular formula is C10H21NO2. The van der Waals surface area contributed by atoms with Gasteiger partial charge in [-0.05, 0) is 25.8 Å². The van der Waals surface area contributed by atoms with Crippen molar-refractivity contribution in [2.24, 2.45) is 5.41 Å². The molecule has 78 valence electrons. The molecule has 2 N–H and O–H groups in total. The van der Waals surface area contributed by atoms with E-state index in [-0.39, 0.29) is 0 Å². The topological polar surface area (TPSA) is 41.5 Å². The van der Waals surface area contributed by atoms with Crippen LogP contribution in [-0.4, -0.2) is 38.0 Å². The summed E-state index contributed by atoms with van der Waals surface area (Å²) in [4.78, 5) is 0. The van der Waals surface area contributed by atoms with Crippen LogP contribution in [-0.2, 0) is 4.74 Å². The molecular weight excluding hydrogens is 166 g/mol. The van der Waals surface area contributed by atoms with Crippen LogP contribution in [0.15, 0.2) is 0 Å². The molecule has 1 heterocycles. The van der Waals surface area contributed by atoms with Crippen molar-refractivity contribution in [2.75, 3.05) is 32.9 Å². The fourth-order valence-electron chi connectivity index (χ4n) is 1.48. The van der Waals surface area contributed by atoms with Crippen LogP contribution in [0, 0.1) is 5.41 Å². The Morgan fingerprint density at radius 2 is 2.08 bits per heavy atom. The van der Waals surface area contributed by atoms with E-state index in [0.29, 0.717) is 12.0 Å². The Morgan fingerprint density at radius 1 is 1.31 bits per heavy atom. The van der Waals surface area contributed by atoms with E-state index in [2.05, 4.69) is 12.2 Å². The number of aliphatic hydroxyl groups excluding tert-OH is 1. The maximum Gasteiger partial charge on any atom is 0.0554 e. The van der Waals surface area contributed by atoms with E-state index in [1.165, 1.54) is 0 Å². The van der Waals surface area contributed by atoms with Crippen LogP contribution >= 0.6 is 0 Å². The van der Waals surface area contributed by atoms with E-state index in [4.69, 9.17) is 9.84 Å². The van der Waals surface area contributed by atoms with Crippen LogP contribution in [0.1, 0.15) is 26.2 Å². The molecule has 0 amide bonds. The summed E-state index contributed by atoms with van der Waals surface area (Å²) in [6.45, 7) is 6.50. The predicted octanol–water partition coefficient (Wildman–Crippen LogP) is 0.775. The zero-order valence-electron chi connectivity index (χ0n) is 8.51. The van der Waals surface area contributed by atoms with Gasteiger partial charge in [-0.2, -0.15) is 0 Å². The van der Waals surface area contributed by atoms with Crippen LogP contribution in [0.3, 0.4) is 0 Å². The van der Waals surface area contributed by atoms with Crippen molar-refractivity contribution in [3.8, 4) is 0 Å². The highest BCUT2D eigenvalue weighted by Crippen LogP contribution is 2.24. The molecule has 3 heteroatoms. The Bertz CT molecular complexity index is 135. The zero-order chi connectivity index (χ0) is 9.57. The van der Waals surface area contributed by atoms with E-state index in [1.54, 1.807) is 0 Å². The molecule has 0 aliphatic carbocycles. The molecule has 1 saturated heterocycles. The number of aliphatic hydroxyl groups is 1. The number of unbranched alkanes of at least 4 members (excludes halogenated alkanes) is 2. The van der Waals surface area contributed by atoms with Crippen LogP contribution in [0.4, 0.5) is 0 Å². The minimum absolute atomic E-state index is 0.325. The molecule has 0 radical (unpaired) electrons. The van der Waals surface area contributed by atoms with Crippen molar-refractivity contribution in [1.82, 2.24) is 5.32 Å². The summed E-state index contributed by atoms with van der Waals surface area (Å²) in [5, 5.41) is 12.0. The van der Waals surface area contributed by atoms with Gasteiger partial charge in [-0.25, -0.2) is 0 Å². The average Bonchev–Trinajstić information content (AvgIpc) is 2.08. The van der Waals surface area contributed by atoms with Gasteiger partial charge in [0.15, 0.2) is 0 Å². The molecule has 0 aromatic carbocycles. The summed E-state index contributed by atoms with van der Waals surface area (Å²) in [7, 11) is 0. The van der Waals surface area contributed by atoms with Gasteiger partial charge in [-0.15, -0.1) is 0 Å². The molecule has 13 heavy (non-hydrogen) atoms. The van der Waals surface area contributed by atoms with E-state index >= 15 is 0 Å². The summed E-state index contributed by atoms with van der Waals surface area (Å²) in [5.41, 5.74) is 0.386. The molecule has 1 aliphatic heterocycles. The van der Waals surface area contributed by atoms with Gasteiger partial charge in [0.2, 0.25) is 0 Å². The van der Waals surface area contributed by atoms with E-state index in [0.717, 1.165) is 45.6 Å². The zero-order valence-corrected chi connectivity index (χ0v) is 8.51. The highest BCUT2D eigenvalue weighted by Gasteiger charge is 2.32. The smallest absolute Gasteiger partial charge is 0.0554 e. The van der Waals surface area contributed by atoms with Crippen molar-refractivity contribution in [1.29, 1.82) is 0 Å². The molecule has 0 bridgehead atoms. The molecule has 0 saturated carbocycles. The predicted molar refractivity (Wildman–Crippen MR) is 52.7 cm³/mol. The maximum absolute atomic E-state index is 8.56. The van der Waals surface area contributed by atoms with E-state index in [1.807, 2.05) is 0 Å². The first-order valence-corrected chi connectivity index (χ1v) is 5.16. The van der Waals surface area contributed by atoms with Crippen LogP contribution < -0.4 is 5.32 Å². The van der Waals surface area contributed by atoms with Gasteiger partial charge in [-0.1, -0.05) is 6.92 Å². The molecule has 1 rings (SSSR count). The van der Waals surface area contributed by atoms with E-state index < -0.39 is 0 Å². The number of nitrogens with one attached hydrogen (secondary N) is 1. The molecule has 0 aromatic heterocycles. The first-order chi connectivity index (χ1) is 6.27. The average molecular weight is 187 g/mol.